The van der Waals surface area contributed by atoms with E-state index in [9.17, 15) is 0 Å². The summed E-state index contributed by atoms with van der Waals surface area (Å²) in [6.07, 6.45) is 3.71. The molecule has 4 nitrogen and oxygen atoms in total. The van der Waals surface area contributed by atoms with Gasteiger partial charge in [0.1, 0.15) is 12.4 Å². The van der Waals surface area contributed by atoms with Gasteiger partial charge in [-0.25, -0.2) is 4.98 Å². The van der Waals surface area contributed by atoms with Crippen molar-refractivity contribution >= 4 is 21.4 Å². The summed E-state index contributed by atoms with van der Waals surface area (Å²) >= 11 is 1.79. The molecule has 0 amide bonds. The van der Waals surface area contributed by atoms with Gasteiger partial charge in [0.25, 0.3) is 0 Å². The number of hydrogen-bond donors (Lipinski definition) is 1. The van der Waals surface area contributed by atoms with Crippen LogP contribution in [0, 0.1) is 0 Å². The molecule has 5 heteroatoms. The van der Waals surface area contributed by atoms with E-state index < -0.39 is 0 Å². The summed E-state index contributed by atoms with van der Waals surface area (Å²) in [4.78, 5) is 5.65. The van der Waals surface area contributed by atoms with Crippen LogP contribution in [0.5, 0.6) is 0 Å². The fourth-order valence-electron chi connectivity index (χ4n) is 2.53. The Balaban J connectivity index is 1.67. The molecule has 1 aromatic carbocycles. The first kappa shape index (κ1) is 13.3. The molecule has 0 aliphatic heterocycles. The highest BCUT2D eigenvalue weighted by atomic mass is 32.1. The topological polar surface area (TPSA) is 51.2 Å². The molecule has 0 unspecified atom stereocenters. The average Bonchev–Trinajstić information content (AvgIpc) is 3.25. The van der Waals surface area contributed by atoms with E-state index >= 15 is 0 Å². The Hall–Kier alpha value is -2.37. The number of furan rings is 1. The first-order chi connectivity index (χ1) is 10.8. The van der Waals surface area contributed by atoms with E-state index in [-0.39, 0.29) is 6.61 Å². The van der Waals surface area contributed by atoms with Crippen molar-refractivity contribution in [2.75, 3.05) is 0 Å². The van der Waals surface area contributed by atoms with E-state index in [1.54, 1.807) is 23.6 Å². The summed E-state index contributed by atoms with van der Waals surface area (Å²) in [6, 6.07) is 14.2. The van der Waals surface area contributed by atoms with Crippen LogP contribution in [0.1, 0.15) is 10.6 Å². The minimum absolute atomic E-state index is 0.100. The predicted molar refractivity (Wildman–Crippen MR) is 86.8 cm³/mol. The Morgan fingerprint density at radius 1 is 1.18 bits per heavy atom. The van der Waals surface area contributed by atoms with Gasteiger partial charge in [0, 0.05) is 22.0 Å². The van der Waals surface area contributed by atoms with Gasteiger partial charge in [-0.2, -0.15) is 0 Å². The van der Waals surface area contributed by atoms with Gasteiger partial charge in [0.15, 0.2) is 11.6 Å². The van der Waals surface area contributed by atoms with Gasteiger partial charge < -0.3 is 14.1 Å². The minimum atomic E-state index is -0.100. The number of benzene rings is 1. The van der Waals surface area contributed by atoms with Crippen molar-refractivity contribution in [2.24, 2.45) is 0 Å². The summed E-state index contributed by atoms with van der Waals surface area (Å²) in [5.74, 6) is 2.00. The van der Waals surface area contributed by atoms with Crippen LogP contribution in [-0.2, 0) is 13.2 Å². The van der Waals surface area contributed by atoms with Crippen LogP contribution in [0.2, 0.25) is 0 Å². The van der Waals surface area contributed by atoms with E-state index in [0.717, 1.165) is 12.4 Å². The Labute approximate surface area is 131 Å². The second kappa shape index (κ2) is 5.44. The number of fused-ring (bicyclic) bond motifs is 1. The standard InChI is InChI=1S/C17H14N2O2S/c20-11-13-5-6-15(21-13)17-18-7-8-19(17)10-14-9-12-3-1-2-4-16(12)22-14/h1-9,20H,10-11H2. The van der Waals surface area contributed by atoms with E-state index in [1.165, 1.54) is 15.0 Å². The number of nitrogens with zero attached hydrogens (tertiary/aromatic N) is 2. The third-order valence-corrected chi connectivity index (χ3v) is 4.66. The molecule has 4 aromatic rings. The van der Waals surface area contributed by atoms with Crippen LogP contribution >= 0.6 is 11.3 Å². The summed E-state index contributed by atoms with van der Waals surface area (Å²) in [5, 5.41) is 10.4. The lowest BCUT2D eigenvalue weighted by Crippen LogP contribution is -1.98. The lowest BCUT2D eigenvalue weighted by molar-refractivity contribution is 0.248. The Kier molecular flexibility index (Phi) is 3.29. The molecule has 0 fully saturated rings. The number of rotatable bonds is 4. The van der Waals surface area contributed by atoms with Gasteiger partial charge in [-0.15, -0.1) is 11.3 Å². The van der Waals surface area contributed by atoms with Crippen LogP contribution < -0.4 is 0 Å². The highest BCUT2D eigenvalue weighted by Gasteiger charge is 2.12. The Morgan fingerprint density at radius 3 is 2.91 bits per heavy atom. The maximum atomic E-state index is 9.11. The Bertz CT molecular complexity index is 886. The molecule has 3 heterocycles. The van der Waals surface area contributed by atoms with Crippen molar-refractivity contribution in [2.45, 2.75) is 13.2 Å². The number of imidazole rings is 1. The predicted octanol–water partition coefficient (Wildman–Crippen LogP) is 3.90. The zero-order chi connectivity index (χ0) is 14.9. The summed E-state index contributed by atoms with van der Waals surface area (Å²) in [7, 11) is 0. The highest BCUT2D eigenvalue weighted by molar-refractivity contribution is 7.19. The van der Waals surface area contributed by atoms with Crippen LogP contribution in [-0.4, -0.2) is 14.7 Å². The molecule has 0 saturated heterocycles. The lowest BCUT2D eigenvalue weighted by atomic mass is 10.2. The first-order valence-electron chi connectivity index (χ1n) is 7.02. The van der Waals surface area contributed by atoms with Gasteiger partial charge in [-0.3, -0.25) is 0 Å². The number of thiophene rings is 1. The van der Waals surface area contributed by atoms with E-state index in [4.69, 9.17) is 9.52 Å². The van der Waals surface area contributed by atoms with Crippen molar-refractivity contribution in [1.29, 1.82) is 0 Å². The normalized spacial score (nSPS) is 11.3. The van der Waals surface area contributed by atoms with E-state index in [2.05, 4.69) is 39.9 Å². The van der Waals surface area contributed by atoms with Crippen molar-refractivity contribution < 1.29 is 9.52 Å². The van der Waals surface area contributed by atoms with Crippen molar-refractivity contribution in [3.05, 3.63) is 65.5 Å². The monoisotopic (exact) mass is 310 g/mol. The molecule has 4 rings (SSSR count). The zero-order valence-electron chi connectivity index (χ0n) is 11.8. The molecule has 22 heavy (non-hydrogen) atoms. The maximum absolute atomic E-state index is 9.11. The first-order valence-corrected chi connectivity index (χ1v) is 7.83. The van der Waals surface area contributed by atoms with Crippen molar-refractivity contribution in [3.63, 3.8) is 0 Å². The minimum Gasteiger partial charge on any atom is -0.455 e. The second-order valence-corrected chi connectivity index (χ2v) is 6.22. The molecule has 0 aliphatic carbocycles. The van der Waals surface area contributed by atoms with Crippen LogP contribution in [0.3, 0.4) is 0 Å². The molecular weight excluding hydrogens is 296 g/mol. The molecule has 1 N–H and O–H groups in total. The highest BCUT2D eigenvalue weighted by Crippen LogP contribution is 2.27. The largest absolute Gasteiger partial charge is 0.455 e. The third kappa shape index (κ3) is 2.34. The molecule has 0 radical (unpaired) electrons. The lowest BCUT2D eigenvalue weighted by Gasteiger charge is -2.04. The average molecular weight is 310 g/mol. The van der Waals surface area contributed by atoms with Crippen LogP contribution in [0.4, 0.5) is 0 Å². The fraction of sp³-hybridized carbons (Fsp3) is 0.118. The van der Waals surface area contributed by atoms with Crippen LogP contribution in [0.25, 0.3) is 21.7 Å². The molecule has 0 saturated carbocycles. The third-order valence-electron chi connectivity index (χ3n) is 3.56. The molecule has 3 aromatic heterocycles. The molecule has 0 aliphatic rings. The Morgan fingerprint density at radius 2 is 2.09 bits per heavy atom. The van der Waals surface area contributed by atoms with Gasteiger partial charge >= 0.3 is 0 Å². The summed E-state index contributed by atoms with van der Waals surface area (Å²) in [5.41, 5.74) is 0. The molecule has 0 spiro atoms. The van der Waals surface area contributed by atoms with Gasteiger partial charge in [-0.1, -0.05) is 18.2 Å². The quantitative estimate of drug-likeness (QED) is 0.622. The van der Waals surface area contributed by atoms with Gasteiger partial charge in [0.2, 0.25) is 0 Å². The van der Waals surface area contributed by atoms with Crippen LogP contribution in [0.15, 0.2) is 59.3 Å². The molecular formula is C17H14N2O2S. The fourth-order valence-corrected chi connectivity index (χ4v) is 3.59. The zero-order valence-corrected chi connectivity index (χ0v) is 12.6. The smallest absolute Gasteiger partial charge is 0.176 e. The van der Waals surface area contributed by atoms with Crippen molar-refractivity contribution in [3.8, 4) is 11.6 Å². The molecule has 110 valence electrons. The number of aliphatic hydroxyl groups is 1. The van der Waals surface area contributed by atoms with Gasteiger partial charge in [0.05, 0.1) is 6.54 Å². The van der Waals surface area contributed by atoms with Gasteiger partial charge in [-0.05, 0) is 29.7 Å². The number of aromatic nitrogens is 2. The van der Waals surface area contributed by atoms with E-state index in [0.29, 0.717) is 11.5 Å². The number of aliphatic hydroxyl groups excluding tert-OH is 1. The number of hydrogen-bond acceptors (Lipinski definition) is 4. The van der Waals surface area contributed by atoms with E-state index in [1.807, 2.05) is 12.3 Å². The molecule has 0 bridgehead atoms. The molecule has 0 atom stereocenters. The summed E-state index contributed by atoms with van der Waals surface area (Å²) < 4.78 is 8.94. The summed E-state index contributed by atoms with van der Waals surface area (Å²) in [6.45, 7) is 0.654. The maximum Gasteiger partial charge on any atom is 0.176 e. The SMILES string of the molecule is OCc1ccc(-c2nccn2Cc2cc3ccccc3s2)o1. The second-order valence-electron chi connectivity index (χ2n) is 5.05. The van der Waals surface area contributed by atoms with Crippen molar-refractivity contribution in [1.82, 2.24) is 9.55 Å².